The monoisotopic (exact) mass is 400 g/mol. The van der Waals surface area contributed by atoms with Crippen LogP contribution in [0.5, 0.6) is 11.5 Å². The van der Waals surface area contributed by atoms with Gasteiger partial charge in [-0.1, -0.05) is 18.2 Å². The van der Waals surface area contributed by atoms with E-state index in [9.17, 15) is 9.59 Å². The molecule has 2 aromatic rings. The highest BCUT2D eigenvalue weighted by atomic mass is 32.2. The highest BCUT2D eigenvalue weighted by Gasteiger charge is 2.11. The summed E-state index contributed by atoms with van der Waals surface area (Å²) in [6, 6.07) is 12.6. The average Bonchev–Trinajstić information content (AvgIpc) is 2.68. The summed E-state index contributed by atoms with van der Waals surface area (Å²) in [4.78, 5) is 26.4. The summed E-state index contributed by atoms with van der Waals surface area (Å²) in [5.74, 6) is 0.967. The highest BCUT2D eigenvalue weighted by molar-refractivity contribution is 8.13. The minimum Gasteiger partial charge on any atom is -0.493 e. The van der Waals surface area contributed by atoms with Gasteiger partial charge in [0.1, 0.15) is 0 Å². The SMILES string of the molecule is CCOc1ccc(/C=C/C(=O)Nc2ccccc2SC(=O)N(C)C)cc1OC. The largest absolute Gasteiger partial charge is 0.493 e. The zero-order chi connectivity index (χ0) is 20.5. The van der Waals surface area contributed by atoms with Gasteiger partial charge in [0.15, 0.2) is 11.5 Å². The molecule has 2 amide bonds. The van der Waals surface area contributed by atoms with Crippen LogP contribution in [0, 0.1) is 0 Å². The fourth-order valence-electron chi connectivity index (χ4n) is 2.25. The number of para-hydroxylation sites is 1. The van der Waals surface area contributed by atoms with E-state index in [1.54, 1.807) is 57.6 Å². The van der Waals surface area contributed by atoms with Gasteiger partial charge < -0.3 is 19.7 Å². The van der Waals surface area contributed by atoms with Crippen LogP contribution in [0.25, 0.3) is 6.08 Å². The van der Waals surface area contributed by atoms with Crippen LogP contribution in [0.4, 0.5) is 10.5 Å². The Morgan fingerprint density at radius 3 is 2.57 bits per heavy atom. The fourth-order valence-corrected chi connectivity index (χ4v) is 3.00. The Morgan fingerprint density at radius 2 is 1.89 bits per heavy atom. The number of anilines is 1. The molecule has 0 aliphatic carbocycles. The first-order valence-corrected chi connectivity index (χ1v) is 9.54. The number of methoxy groups -OCH3 is 1. The lowest BCUT2D eigenvalue weighted by molar-refractivity contribution is -0.111. The maximum Gasteiger partial charge on any atom is 0.286 e. The maximum absolute atomic E-state index is 12.3. The second-order valence-corrected chi connectivity index (χ2v) is 6.92. The van der Waals surface area contributed by atoms with Crippen LogP contribution in [0.3, 0.4) is 0 Å². The molecule has 0 aliphatic rings. The lowest BCUT2D eigenvalue weighted by atomic mass is 10.2. The lowest BCUT2D eigenvalue weighted by Gasteiger charge is -2.12. The molecule has 2 aromatic carbocycles. The standard InChI is InChI=1S/C21H24N2O4S/c1-5-27-17-12-10-15(14-18(17)26-4)11-13-20(24)22-16-8-6-7-9-19(16)28-21(25)23(2)3/h6-14H,5H2,1-4H3,(H,22,24)/b13-11+. The number of nitrogens with one attached hydrogen (secondary N) is 1. The molecular formula is C21H24N2O4S. The molecule has 6 nitrogen and oxygen atoms in total. The van der Waals surface area contributed by atoms with Gasteiger partial charge in [0.05, 0.1) is 19.4 Å². The van der Waals surface area contributed by atoms with Gasteiger partial charge in [-0.15, -0.1) is 0 Å². The van der Waals surface area contributed by atoms with Crippen molar-refractivity contribution in [2.75, 3.05) is 33.1 Å². The molecule has 0 bridgehead atoms. The topological polar surface area (TPSA) is 67.9 Å². The predicted octanol–water partition coefficient (Wildman–Crippen LogP) is 4.52. The predicted molar refractivity (Wildman–Crippen MR) is 113 cm³/mol. The molecular weight excluding hydrogens is 376 g/mol. The van der Waals surface area contributed by atoms with Crippen molar-refractivity contribution in [3.63, 3.8) is 0 Å². The number of hydrogen-bond acceptors (Lipinski definition) is 5. The summed E-state index contributed by atoms with van der Waals surface area (Å²) < 4.78 is 10.8. The Balaban J connectivity index is 2.09. The van der Waals surface area contributed by atoms with Gasteiger partial charge in [0.2, 0.25) is 5.91 Å². The maximum atomic E-state index is 12.3. The Morgan fingerprint density at radius 1 is 1.14 bits per heavy atom. The van der Waals surface area contributed by atoms with Crippen LogP contribution < -0.4 is 14.8 Å². The van der Waals surface area contributed by atoms with Crippen LogP contribution in [-0.4, -0.2) is 43.9 Å². The number of amides is 2. The molecule has 0 spiro atoms. The van der Waals surface area contributed by atoms with Crippen molar-refractivity contribution in [2.45, 2.75) is 11.8 Å². The van der Waals surface area contributed by atoms with E-state index in [4.69, 9.17) is 9.47 Å². The van der Waals surface area contributed by atoms with E-state index in [2.05, 4.69) is 5.32 Å². The summed E-state index contributed by atoms with van der Waals surface area (Å²) in [6.07, 6.45) is 3.12. The van der Waals surface area contributed by atoms with E-state index < -0.39 is 0 Å². The first-order valence-electron chi connectivity index (χ1n) is 8.72. The molecule has 7 heteroatoms. The van der Waals surface area contributed by atoms with Gasteiger partial charge in [-0.2, -0.15) is 0 Å². The van der Waals surface area contributed by atoms with Crippen molar-refractivity contribution in [1.82, 2.24) is 4.90 Å². The van der Waals surface area contributed by atoms with Gasteiger partial charge in [-0.3, -0.25) is 9.59 Å². The van der Waals surface area contributed by atoms with E-state index in [0.29, 0.717) is 28.7 Å². The van der Waals surface area contributed by atoms with Gasteiger partial charge in [0.25, 0.3) is 5.24 Å². The van der Waals surface area contributed by atoms with Crippen LogP contribution in [0.2, 0.25) is 0 Å². The van der Waals surface area contributed by atoms with Crippen LogP contribution >= 0.6 is 11.8 Å². The molecule has 0 radical (unpaired) electrons. The molecule has 0 heterocycles. The molecule has 0 saturated heterocycles. The number of hydrogen-bond donors (Lipinski definition) is 1. The molecule has 0 aromatic heterocycles. The van der Waals surface area contributed by atoms with Gasteiger partial charge in [-0.25, -0.2) is 0 Å². The van der Waals surface area contributed by atoms with Gasteiger partial charge in [-0.05, 0) is 54.6 Å². The number of nitrogens with zero attached hydrogens (tertiary/aromatic N) is 1. The van der Waals surface area contributed by atoms with Crippen LogP contribution in [-0.2, 0) is 4.79 Å². The van der Waals surface area contributed by atoms with E-state index in [1.807, 2.05) is 19.1 Å². The second-order valence-electron chi connectivity index (χ2n) is 5.92. The smallest absolute Gasteiger partial charge is 0.286 e. The van der Waals surface area contributed by atoms with Crippen molar-refractivity contribution in [3.05, 3.63) is 54.1 Å². The molecule has 0 unspecified atom stereocenters. The third kappa shape index (κ3) is 6.06. The highest BCUT2D eigenvalue weighted by Crippen LogP contribution is 2.29. The Labute approximate surface area is 169 Å². The zero-order valence-electron chi connectivity index (χ0n) is 16.4. The normalized spacial score (nSPS) is 10.6. The van der Waals surface area contributed by atoms with Crippen LogP contribution in [0.1, 0.15) is 12.5 Å². The number of ether oxygens (including phenoxy) is 2. The van der Waals surface area contributed by atoms with Crippen molar-refractivity contribution < 1.29 is 19.1 Å². The molecule has 148 valence electrons. The quantitative estimate of drug-likeness (QED) is 0.547. The summed E-state index contributed by atoms with van der Waals surface area (Å²) in [5.41, 5.74) is 1.39. The van der Waals surface area contributed by atoms with E-state index >= 15 is 0 Å². The lowest BCUT2D eigenvalue weighted by Crippen LogP contribution is -2.16. The number of carbonyl (C=O) groups is 2. The summed E-state index contributed by atoms with van der Waals surface area (Å²) in [5, 5.41) is 2.70. The number of carbonyl (C=O) groups excluding carboxylic acids is 2. The first-order chi connectivity index (χ1) is 13.4. The Hall–Kier alpha value is -2.93. The average molecular weight is 401 g/mol. The summed E-state index contributed by atoms with van der Waals surface area (Å²) in [6.45, 7) is 2.45. The van der Waals surface area contributed by atoms with Crippen molar-refractivity contribution >= 4 is 34.7 Å². The molecule has 0 aliphatic heterocycles. The minimum absolute atomic E-state index is 0.112. The summed E-state index contributed by atoms with van der Waals surface area (Å²) >= 11 is 1.06. The van der Waals surface area contributed by atoms with E-state index in [0.717, 1.165) is 17.3 Å². The second kappa shape index (κ2) is 10.4. The van der Waals surface area contributed by atoms with E-state index in [1.165, 1.54) is 11.0 Å². The first kappa shape index (κ1) is 21.4. The zero-order valence-corrected chi connectivity index (χ0v) is 17.2. The van der Waals surface area contributed by atoms with Crippen LogP contribution in [0.15, 0.2) is 53.4 Å². The number of benzene rings is 2. The molecule has 0 atom stereocenters. The summed E-state index contributed by atoms with van der Waals surface area (Å²) in [7, 11) is 4.94. The van der Waals surface area contributed by atoms with E-state index in [-0.39, 0.29) is 11.1 Å². The minimum atomic E-state index is -0.293. The Bertz CT molecular complexity index is 865. The van der Waals surface area contributed by atoms with Crippen molar-refractivity contribution in [2.24, 2.45) is 0 Å². The third-order valence-corrected chi connectivity index (χ3v) is 4.74. The molecule has 0 fully saturated rings. The molecule has 2 rings (SSSR count). The molecule has 28 heavy (non-hydrogen) atoms. The molecule has 1 N–H and O–H groups in total. The van der Waals surface area contributed by atoms with Gasteiger partial charge in [0, 0.05) is 25.1 Å². The van der Waals surface area contributed by atoms with Gasteiger partial charge >= 0.3 is 0 Å². The number of thioether (sulfide) groups is 1. The fraction of sp³-hybridized carbons (Fsp3) is 0.238. The Kier molecular flexibility index (Phi) is 7.95. The van der Waals surface area contributed by atoms with Crippen molar-refractivity contribution in [3.8, 4) is 11.5 Å². The third-order valence-electron chi connectivity index (χ3n) is 3.62. The number of rotatable bonds is 7. The molecule has 0 saturated carbocycles. The van der Waals surface area contributed by atoms with Crippen molar-refractivity contribution in [1.29, 1.82) is 0 Å².